The smallest absolute Gasteiger partial charge is 0.306 e. The van der Waals surface area contributed by atoms with Crippen molar-refractivity contribution in [2.24, 2.45) is 0 Å². The molecule has 432 valence electrons. The van der Waals surface area contributed by atoms with Crippen molar-refractivity contribution in [2.75, 3.05) is 43.2 Å². The molecule has 0 bridgehead atoms. The number of hydrogen-bond donors (Lipinski definition) is 0. The molecule has 9 heteroatoms. The maximum absolute atomic E-state index is 13.2. The zero-order chi connectivity index (χ0) is 54.5. The van der Waals surface area contributed by atoms with Gasteiger partial charge in [0.2, 0.25) is 0 Å². The molecule has 6 nitrogen and oxygen atoms in total. The number of rotatable bonds is 51. The van der Waals surface area contributed by atoms with Crippen LogP contribution in [0.2, 0.25) is 5.04 Å². The van der Waals surface area contributed by atoms with Gasteiger partial charge in [-0.05, 0) is 118 Å². The van der Waals surface area contributed by atoms with E-state index < -0.39 is 8.32 Å². The molecular formula is C66H117NO5S2Si. The molecule has 0 aliphatic carbocycles. The van der Waals surface area contributed by atoms with Crippen LogP contribution in [0.25, 0.3) is 0 Å². The van der Waals surface area contributed by atoms with E-state index in [2.05, 4.69) is 121 Å². The van der Waals surface area contributed by atoms with Gasteiger partial charge in [-0.15, -0.1) is 0 Å². The summed E-state index contributed by atoms with van der Waals surface area (Å²) in [4.78, 5) is 29.0. The summed E-state index contributed by atoms with van der Waals surface area (Å²) in [6.07, 6.45) is 38.9. The van der Waals surface area contributed by atoms with Crippen molar-refractivity contribution in [3.63, 3.8) is 0 Å². The number of thioether (sulfide) groups is 2. The molecule has 0 heterocycles. The Balaban J connectivity index is 2.15. The lowest BCUT2D eigenvalue weighted by molar-refractivity contribution is -0.149. The molecule has 0 saturated heterocycles. The Morgan fingerprint density at radius 1 is 0.480 bits per heavy atom. The maximum atomic E-state index is 13.2. The third-order valence-electron chi connectivity index (χ3n) is 15.3. The predicted molar refractivity (Wildman–Crippen MR) is 334 cm³/mol. The van der Waals surface area contributed by atoms with Crippen LogP contribution in [0.3, 0.4) is 0 Å². The molecule has 0 spiro atoms. The van der Waals surface area contributed by atoms with Crippen LogP contribution < -0.4 is 10.4 Å². The molecule has 2 atom stereocenters. The van der Waals surface area contributed by atoms with E-state index in [0.29, 0.717) is 18.9 Å². The Kier molecular flexibility index (Phi) is 42.5. The Bertz CT molecular complexity index is 1510. The SMILES string of the molecule is CCCCCCCCC(=O)OC(CCCCC(CCCCC(CSCCCCCCC)OC(=O)CCCCCCCC)N(C)CCCCO[Si](c1ccccc1)(c1ccccc1)C(C)(C)C)CSCCCCCCC. The molecule has 2 rings (SSSR count). The summed E-state index contributed by atoms with van der Waals surface area (Å²) in [5, 5.41) is 2.65. The molecule has 2 unspecified atom stereocenters. The lowest BCUT2D eigenvalue weighted by atomic mass is 9.99. The fraction of sp³-hybridized carbons (Fsp3) is 0.788. The standard InChI is InChI=1S/C66H117NO5S2Si/c1-9-13-17-21-23-33-51-64(68)71-60(57-73-55-41-25-19-15-11-3)45-37-35-43-59(44-36-38-46-61(58-74-56-42-26-20-16-12-4)72-65(69)52-34-24-22-18-14-10-2)67(8)53-39-40-54-70-75(66(5,6)7,62-47-29-27-30-48-62)63-49-31-28-32-50-63/h27-32,47-50,59-61H,9-26,33-46,51-58H2,1-8H3. The molecule has 0 aliphatic heterocycles. The Labute approximate surface area is 473 Å². The van der Waals surface area contributed by atoms with Gasteiger partial charge < -0.3 is 18.8 Å². The molecule has 2 aromatic rings. The summed E-state index contributed by atoms with van der Waals surface area (Å²) in [6.45, 7) is 17.9. The lowest BCUT2D eigenvalue weighted by Gasteiger charge is -2.43. The molecular weight excluding hydrogens is 979 g/mol. The van der Waals surface area contributed by atoms with Gasteiger partial charge in [-0.3, -0.25) is 9.59 Å². The van der Waals surface area contributed by atoms with Gasteiger partial charge in [-0.2, -0.15) is 23.5 Å². The van der Waals surface area contributed by atoms with Crippen molar-refractivity contribution < 1.29 is 23.5 Å². The summed E-state index contributed by atoms with van der Waals surface area (Å²) in [5.41, 5.74) is 0. The van der Waals surface area contributed by atoms with Gasteiger partial charge in [0.1, 0.15) is 12.2 Å². The minimum atomic E-state index is -2.57. The Morgan fingerprint density at radius 3 is 1.25 bits per heavy atom. The number of unbranched alkanes of at least 4 members (excludes halogenated alkanes) is 21. The van der Waals surface area contributed by atoms with Crippen LogP contribution in [0.15, 0.2) is 60.7 Å². The number of carbonyl (C=O) groups excluding carboxylic acids is 2. The minimum Gasteiger partial charge on any atom is -0.461 e. The Morgan fingerprint density at radius 2 is 0.853 bits per heavy atom. The van der Waals surface area contributed by atoms with E-state index in [4.69, 9.17) is 13.9 Å². The number of ether oxygens (including phenoxy) is 2. The van der Waals surface area contributed by atoms with Gasteiger partial charge in [-0.25, -0.2) is 0 Å². The first-order chi connectivity index (χ1) is 36.5. The van der Waals surface area contributed by atoms with Gasteiger partial charge in [0, 0.05) is 37.0 Å². The lowest BCUT2D eigenvalue weighted by Crippen LogP contribution is -2.66. The number of esters is 2. The highest BCUT2D eigenvalue weighted by Crippen LogP contribution is 2.37. The van der Waals surface area contributed by atoms with Gasteiger partial charge >= 0.3 is 11.9 Å². The molecule has 0 fully saturated rings. The van der Waals surface area contributed by atoms with E-state index >= 15 is 0 Å². The third kappa shape index (κ3) is 32.8. The van der Waals surface area contributed by atoms with Gasteiger partial charge in [0.25, 0.3) is 8.32 Å². The zero-order valence-electron chi connectivity index (χ0n) is 50.1. The number of nitrogens with zero attached hydrogens (tertiary/aromatic N) is 1. The fourth-order valence-corrected chi connectivity index (χ4v) is 17.5. The first kappa shape index (κ1) is 69.3. The predicted octanol–water partition coefficient (Wildman–Crippen LogP) is 18.5. The largest absolute Gasteiger partial charge is 0.461 e. The van der Waals surface area contributed by atoms with Gasteiger partial charge in [-0.1, -0.05) is 238 Å². The van der Waals surface area contributed by atoms with Crippen LogP contribution in [0.1, 0.15) is 267 Å². The topological polar surface area (TPSA) is 65.1 Å². The number of benzene rings is 2. The van der Waals surface area contributed by atoms with Crippen molar-refractivity contribution in [3.05, 3.63) is 60.7 Å². The second-order valence-electron chi connectivity index (χ2n) is 23.2. The summed E-state index contributed by atoms with van der Waals surface area (Å²) in [5.74, 6) is 4.15. The number of hydrogen-bond acceptors (Lipinski definition) is 8. The van der Waals surface area contributed by atoms with E-state index in [1.807, 2.05) is 23.5 Å². The van der Waals surface area contributed by atoms with Crippen molar-refractivity contribution in [1.29, 1.82) is 0 Å². The molecule has 0 N–H and O–H groups in total. The molecule has 0 aromatic heterocycles. The normalized spacial score (nSPS) is 13.3. The molecule has 2 aromatic carbocycles. The van der Waals surface area contributed by atoms with Crippen LogP contribution in [-0.4, -0.2) is 86.6 Å². The molecule has 0 radical (unpaired) electrons. The first-order valence-electron chi connectivity index (χ1n) is 31.5. The average Bonchev–Trinajstić information content (AvgIpc) is 3.40. The summed E-state index contributed by atoms with van der Waals surface area (Å²) >= 11 is 3.98. The average molecular weight is 1100 g/mol. The highest BCUT2D eigenvalue weighted by atomic mass is 32.2. The van der Waals surface area contributed by atoms with Crippen molar-refractivity contribution in [2.45, 2.75) is 290 Å². The fourth-order valence-electron chi connectivity index (χ4n) is 10.7. The quantitative estimate of drug-likeness (QED) is 0.0369. The highest BCUT2D eigenvalue weighted by molar-refractivity contribution is 7.99. The van der Waals surface area contributed by atoms with Crippen molar-refractivity contribution in [3.8, 4) is 0 Å². The van der Waals surface area contributed by atoms with E-state index in [0.717, 1.165) is 126 Å². The molecule has 0 aliphatic rings. The molecule has 75 heavy (non-hydrogen) atoms. The molecule has 0 amide bonds. The van der Waals surface area contributed by atoms with Crippen LogP contribution in [0.5, 0.6) is 0 Å². The van der Waals surface area contributed by atoms with E-state index in [-0.39, 0.29) is 29.2 Å². The highest BCUT2D eigenvalue weighted by Gasteiger charge is 2.50. The van der Waals surface area contributed by atoms with Gasteiger partial charge in [0.15, 0.2) is 0 Å². The van der Waals surface area contributed by atoms with Crippen molar-refractivity contribution >= 4 is 54.2 Å². The Hall–Kier alpha value is -1.78. The van der Waals surface area contributed by atoms with Crippen LogP contribution in [-0.2, 0) is 23.5 Å². The summed E-state index contributed by atoms with van der Waals surface area (Å²) in [6, 6.07) is 22.5. The van der Waals surface area contributed by atoms with E-state index in [1.54, 1.807) is 0 Å². The van der Waals surface area contributed by atoms with Crippen LogP contribution in [0, 0.1) is 0 Å². The second kappa shape index (κ2) is 46.0. The van der Waals surface area contributed by atoms with E-state index in [9.17, 15) is 9.59 Å². The van der Waals surface area contributed by atoms with E-state index in [1.165, 1.54) is 126 Å². The summed E-state index contributed by atoms with van der Waals surface area (Å²) < 4.78 is 19.8. The summed E-state index contributed by atoms with van der Waals surface area (Å²) in [7, 11) is -0.225. The van der Waals surface area contributed by atoms with Crippen LogP contribution >= 0.6 is 23.5 Å². The van der Waals surface area contributed by atoms with Crippen LogP contribution in [0.4, 0.5) is 0 Å². The maximum Gasteiger partial charge on any atom is 0.306 e. The zero-order valence-corrected chi connectivity index (χ0v) is 52.7. The minimum absolute atomic E-state index is 0.000125. The van der Waals surface area contributed by atoms with Gasteiger partial charge in [0.05, 0.1) is 0 Å². The monoisotopic (exact) mass is 1100 g/mol. The first-order valence-corrected chi connectivity index (χ1v) is 35.7. The molecule has 0 saturated carbocycles. The third-order valence-corrected chi connectivity index (χ3v) is 22.8. The number of carbonyl (C=O) groups is 2. The van der Waals surface area contributed by atoms with Crippen molar-refractivity contribution in [1.82, 2.24) is 4.90 Å². The second-order valence-corrected chi connectivity index (χ2v) is 29.8.